The number of hydrogen-bond donors (Lipinski definition) is 0. The van der Waals surface area contributed by atoms with Crippen LogP contribution in [0.4, 0.5) is 11.8 Å². The summed E-state index contributed by atoms with van der Waals surface area (Å²) in [4.78, 5) is 18.3. The van der Waals surface area contributed by atoms with E-state index < -0.39 is 0 Å². The van der Waals surface area contributed by atoms with E-state index in [9.17, 15) is 0 Å². The van der Waals surface area contributed by atoms with Crippen molar-refractivity contribution in [3.8, 4) is 0 Å². The van der Waals surface area contributed by atoms with Crippen molar-refractivity contribution < 1.29 is 4.74 Å². The van der Waals surface area contributed by atoms with Crippen LogP contribution in [-0.4, -0.2) is 88.9 Å². The molecule has 0 aliphatic carbocycles. The van der Waals surface area contributed by atoms with Crippen molar-refractivity contribution in [1.29, 1.82) is 0 Å². The van der Waals surface area contributed by atoms with Gasteiger partial charge in [0.15, 0.2) is 0 Å². The number of aryl methyl sites for hydroxylation is 1. The second-order valence-electron chi connectivity index (χ2n) is 6.72. The van der Waals surface area contributed by atoms with Gasteiger partial charge in [-0.2, -0.15) is 20.0 Å². The van der Waals surface area contributed by atoms with E-state index >= 15 is 0 Å². The Balaban J connectivity index is 1.35. The van der Waals surface area contributed by atoms with Gasteiger partial charge < -0.3 is 14.5 Å². The minimum Gasteiger partial charge on any atom is -0.378 e. The fraction of sp³-hybridized carbons (Fsp3) is 0.647. The Kier molecular flexibility index (Phi) is 5.26. The van der Waals surface area contributed by atoms with E-state index in [4.69, 9.17) is 9.72 Å². The van der Waals surface area contributed by atoms with Crippen LogP contribution in [0.25, 0.3) is 0 Å². The number of aromatic nitrogens is 5. The largest absolute Gasteiger partial charge is 0.378 e. The number of morpholine rings is 1. The van der Waals surface area contributed by atoms with E-state index in [0.717, 1.165) is 83.0 Å². The predicted octanol–water partition coefficient (Wildman–Crippen LogP) is 0.0353. The second-order valence-corrected chi connectivity index (χ2v) is 6.72. The number of rotatable bonds is 5. The van der Waals surface area contributed by atoms with E-state index in [1.807, 2.05) is 6.92 Å². The standard InChI is InChI=1S/C17H26N8O/c1-15-14-16(23-10-12-26-13-11-23)21-17(20-15)24-7-4-22(5-8-24)6-9-25-18-2-3-19-25/h2-3,14H,4-13H2,1H3. The average Bonchev–Trinajstić information content (AvgIpc) is 3.21. The fourth-order valence-corrected chi connectivity index (χ4v) is 3.39. The van der Waals surface area contributed by atoms with Crippen LogP contribution in [0.1, 0.15) is 5.69 Å². The summed E-state index contributed by atoms with van der Waals surface area (Å²) in [6, 6.07) is 2.07. The molecule has 0 atom stereocenters. The van der Waals surface area contributed by atoms with E-state index in [1.54, 1.807) is 17.2 Å². The molecule has 0 aromatic carbocycles. The molecule has 2 fully saturated rings. The molecule has 0 spiro atoms. The molecule has 9 nitrogen and oxygen atoms in total. The van der Waals surface area contributed by atoms with Crippen LogP contribution in [0.15, 0.2) is 18.5 Å². The minimum atomic E-state index is 0.766. The van der Waals surface area contributed by atoms with Crippen molar-refractivity contribution in [1.82, 2.24) is 29.9 Å². The van der Waals surface area contributed by atoms with Crippen LogP contribution in [-0.2, 0) is 11.3 Å². The first-order chi connectivity index (χ1) is 12.8. The highest BCUT2D eigenvalue weighted by Gasteiger charge is 2.21. The zero-order valence-electron chi connectivity index (χ0n) is 15.3. The van der Waals surface area contributed by atoms with Crippen molar-refractivity contribution >= 4 is 11.8 Å². The zero-order valence-corrected chi connectivity index (χ0v) is 15.3. The maximum atomic E-state index is 5.45. The minimum absolute atomic E-state index is 0.766. The van der Waals surface area contributed by atoms with Gasteiger partial charge in [0.2, 0.25) is 5.95 Å². The molecule has 9 heteroatoms. The van der Waals surface area contributed by atoms with Crippen molar-refractivity contribution in [2.75, 3.05) is 68.8 Å². The summed E-state index contributed by atoms with van der Waals surface area (Å²) in [6.07, 6.45) is 3.44. The number of nitrogens with zero attached hydrogens (tertiary/aromatic N) is 8. The molecule has 0 N–H and O–H groups in total. The molecule has 0 bridgehead atoms. The van der Waals surface area contributed by atoms with Crippen molar-refractivity contribution in [2.45, 2.75) is 13.5 Å². The Labute approximate surface area is 153 Å². The fourth-order valence-electron chi connectivity index (χ4n) is 3.39. The monoisotopic (exact) mass is 358 g/mol. The van der Waals surface area contributed by atoms with Gasteiger partial charge in [-0.15, -0.1) is 0 Å². The first-order valence-corrected chi connectivity index (χ1v) is 9.28. The molecule has 2 aliphatic heterocycles. The Morgan fingerprint density at radius 2 is 1.62 bits per heavy atom. The van der Waals surface area contributed by atoms with Gasteiger partial charge in [0.25, 0.3) is 0 Å². The highest BCUT2D eigenvalue weighted by atomic mass is 16.5. The molecule has 4 rings (SSSR count). The summed E-state index contributed by atoms with van der Waals surface area (Å²) in [5.41, 5.74) is 1.02. The summed E-state index contributed by atoms with van der Waals surface area (Å²) >= 11 is 0. The lowest BCUT2D eigenvalue weighted by Gasteiger charge is -2.35. The Hall–Kier alpha value is -2.26. The molecule has 4 heterocycles. The van der Waals surface area contributed by atoms with E-state index in [1.165, 1.54) is 0 Å². The topological polar surface area (TPSA) is 75.4 Å². The quantitative estimate of drug-likeness (QED) is 0.741. The third kappa shape index (κ3) is 4.10. The van der Waals surface area contributed by atoms with Crippen LogP contribution < -0.4 is 9.80 Å². The maximum Gasteiger partial charge on any atom is 0.227 e. The highest BCUT2D eigenvalue weighted by Crippen LogP contribution is 2.19. The summed E-state index contributed by atoms with van der Waals surface area (Å²) in [5, 5.41) is 8.32. The maximum absolute atomic E-state index is 5.45. The lowest BCUT2D eigenvalue weighted by Crippen LogP contribution is -2.48. The molecule has 2 aliphatic rings. The van der Waals surface area contributed by atoms with Gasteiger partial charge in [0.05, 0.1) is 32.2 Å². The molecule has 0 radical (unpaired) electrons. The molecule has 2 aromatic heterocycles. The van der Waals surface area contributed by atoms with Crippen LogP contribution in [0.5, 0.6) is 0 Å². The number of anilines is 2. The molecule has 26 heavy (non-hydrogen) atoms. The van der Waals surface area contributed by atoms with Gasteiger partial charge in [-0.3, -0.25) is 4.90 Å². The average molecular weight is 358 g/mol. The zero-order chi connectivity index (χ0) is 17.8. The summed E-state index contributed by atoms with van der Waals surface area (Å²) in [7, 11) is 0. The Morgan fingerprint density at radius 1 is 0.885 bits per heavy atom. The van der Waals surface area contributed by atoms with E-state index in [-0.39, 0.29) is 0 Å². The Morgan fingerprint density at radius 3 is 2.35 bits per heavy atom. The summed E-state index contributed by atoms with van der Waals surface area (Å²) in [6.45, 7) is 11.1. The van der Waals surface area contributed by atoms with Gasteiger partial charge in [-0.05, 0) is 6.92 Å². The molecule has 2 saturated heterocycles. The van der Waals surface area contributed by atoms with Gasteiger partial charge in [0.1, 0.15) is 5.82 Å². The van der Waals surface area contributed by atoms with Crippen LogP contribution in [0.3, 0.4) is 0 Å². The molecular weight excluding hydrogens is 332 g/mol. The SMILES string of the molecule is Cc1cc(N2CCOCC2)nc(N2CCN(CCn3nccn3)CC2)n1. The molecule has 0 amide bonds. The Bertz CT molecular complexity index is 693. The summed E-state index contributed by atoms with van der Waals surface area (Å²) in [5.74, 6) is 1.86. The third-order valence-electron chi connectivity index (χ3n) is 4.90. The van der Waals surface area contributed by atoms with Gasteiger partial charge in [-0.25, -0.2) is 4.98 Å². The molecular formula is C17H26N8O. The van der Waals surface area contributed by atoms with Crippen LogP contribution in [0.2, 0.25) is 0 Å². The highest BCUT2D eigenvalue weighted by molar-refractivity contribution is 5.46. The molecule has 140 valence electrons. The van der Waals surface area contributed by atoms with Crippen molar-refractivity contribution in [3.05, 3.63) is 24.2 Å². The van der Waals surface area contributed by atoms with Gasteiger partial charge >= 0.3 is 0 Å². The molecule has 2 aromatic rings. The van der Waals surface area contributed by atoms with Gasteiger partial charge in [0, 0.05) is 57.6 Å². The first kappa shape index (κ1) is 17.2. The normalized spacial score (nSPS) is 19.1. The molecule has 0 unspecified atom stereocenters. The first-order valence-electron chi connectivity index (χ1n) is 9.28. The molecule has 0 saturated carbocycles. The second kappa shape index (κ2) is 7.96. The van der Waals surface area contributed by atoms with Crippen molar-refractivity contribution in [3.63, 3.8) is 0 Å². The van der Waals surface area contributed by atoms with E-state index in [0.29, 0.717) is 0 Å². The van der Waals surface area contributed by atoms with Gasteiger partial charge in [-0.1, -0.05) is 0 Å². The lowest BCUT2D eigenvalue weighted by molar-refractivity contribution is 0.122. The van der Waals surface area contributed by atoms with Crippen molar-refractivity contribution in [2.24, 2.45) is 0 Å². The third-order valence-corrected chi connectivity index (χ3v) is 4.90. The predicted molar refractivity (Wildman–Crippen MR) is 98.5 cm³/mol. The number of ether oxygens (including phenoxy) is 1. The lowest BCUT2D eigenvalue weighted by atomic mass is 10.3. The number of piperazine rings is 1. The van der Waals surface area contributed by atoms with Crippen LogP contribution in [0, 0.1) is 6.92 Å². The van der Waals surface area contributed by atoms with Crippen LogP contribution >= 0.6 is 0 Å². The van der Waals surface area contributed by atoms with E-state index in [2.05, 4.69) is 35.9 Å². The summed E-state index contributed by atoms with van der Waals surface area (Å²) < 4.78 is 5.45. The number of hydrogen-bond acceptors (Lipinski definition) is 8. The smallest absolute Gasteiger partial charge is 0.227 e.